The van der Waals surface area contributed by atoms with Crippen molar-refractivity contribution in [3.8, 4) is 11.5 Å². The third-order valence-electron chi connectivity index (χ3n) is 3.81. The zero-order valence-electron chi connectivity index (χ0n) is 16.1. The molecule has 26 heavy (non-hydrogen) atoms. The Bertz CT molecular complexity index is 725. The molecule has 0 radical (unpaired) electrons. The van der Waals surface area contributed by atoms with Gasteiger partial charge in [0.15, 0.2) is 23.2 Å². The molecule has 0 atom stereocenters. The van der Waals surface area contributed by atoms with Gasteiger partial charge in [0.05, 0.1) is 33.0 Å². The van der Waals surface area contributed by atoms with Crippen LogP contribution in [0.5, 0.6) is 11.5 Å². The minimum absolute atomic E-state index is 0.347. The molecule has 0 aliphatic carbocycles. The zero-order valence-corrected chi connectivity index (χ0v) is 16.1. The maximum atomic E-state index is 5.35. The lowest BCUT2D eigenvalue weighted by Crippen LogP contribution is -2.36. The molecule has 0 bridgehead atoms. The summed E-state index contributed by atoms with van der Waals surface area (Å²) in [6.07, 6.45) is 0. The summed E-state index contributed by atoms with van der Waals surface area (Å²) in [5.41, 5.74) is 1.98. The third kappa shape index (κ3) is 5.40. The second-order valence-corrected chi connectivity index (χ2v) is 6.11. The highest BCUT2D eigenvalue weighted by atomic mass is 16.5. The van der Waals surface area contributed by atoms with E-state index in [0.29, 0.717) is 36.5 Å². The van der Waals surface area contributed by atoms with Gasteiger partial charge in [-0.3, -0.25) is 0 Å². The van der Waals surface area contributed by atoms with Gasteiger partial charge >= 0.3 is 0 Å². The fraction of sp³-hybridized carbons (Fsp3) is 0.474. The molecule has 0 spiro atoms. The molecule has 1 aromatic carbocycles. The van der Waals surface area contributed by atoms with E-state index >= 15 is 0 Å². The highest BCUT2D eigenvalue weighted by molar-refractivity contribution is 5.79. The van der Waals surface area contributed by atoms with E-state index in [9.17, 15) is 0 Å². The molecule has 7 nitrogen and oxygen atoms in total. The molecule has 7 heteroatoms. The Kier molecular flexibility index (Phi) is 7.32. The van der Waals surface area contributed by atoms with E-state index in [-0.39, 0.29) is 0 Å². The first-order valence-electron chi connectivity index (χ1n) is 8.75. The molecule has 0 unspecified atom stereocenters. The van der Waals surface area contributed by atoms with Crippen molar-refractivity contribution in [1.29, 1.82) is 0 Å². The summed E-state index contributed by atoms with van der Waals surface area (Å²) < 4.78 is 15.9. The van der Waals surface area contributed by atoms with Gasteiger partial charge in [0.25, 0.3) is 0 Å². The van der Waals surface area contributed by atoms with Crippen LogP contribution in [0.1, 0.15) is 43.7 Å². The normalized spacial score (nSPS) is 11.5. The number of ether oxygens (including phenoxy) is 2. The molecule has 0 saturated carbocycles. The second kappa shape index (κ2) is 9.70. The lowest BCUT2D eigenvalue weighted by molar-refractivity contribution is 0.354. The van der Waals surface area contributed by atoms with Crippen LogP contribution in [0.15, 0.2) is 33.8 Å². The van der Waals surface area contributed by atoms with Gasteiger partial charge in [-0.15, -0.1) is 0 Å². The van der Waals surface area contributed by atoms with E-state index in [2.05, 4.69) is 34.6 Å². The van der Waals surface area contributed by atoms with E-state index in [4.69, 9.17) is 14.0 Å². The van der Waals surface area contributed by atoms with Gasteiger partial charge in [-0.25, -0.2) is 4.99 Å². The number of hydrogen-bond donors (Lipinski definition) is 2. The van der Waals surface area contributed by atoms with Gasteiger partial charge in [-0.2, -0.15) is 0 Å². The highest BCUT2D eigenvalue weighted by Gasteiger charge is 2.08. The van der Waals surface area contributed by atoms with E-state index in [1.165, 1.54) is 0 Å². The predicted molar refractivity (Wildman–Crippen MR) is 102 cm³/mol. The van der Waals surface area contributed by atoms with Crippen LogP contribution < -0.4 is 20.1 Å². The number of aromatic nitrogens is 1. The van der Waals surface area contributed by atoms with Gasteiger partial charge in [-0.1, -0.05) is 25.1 Å². The average Bonchev–Trinajstić information content (AvgIpc) is 3.13. The second-order valence-electron chi connectivity index (χ2n) is 6.11. The molecule has 142 valence electrons. The van der Waals surface area contributed by atoms with Crippen LogP contribution in [0.25, 0.3) is 0 Å². The lowest BCUT2D eigenvalue weighted by atomic mass is 10.1. The minimum atomic E-state index is 0.347. The van der Waals surface area contributed by atoms with Crippen molar-refractivity contribution in [2.24, 2.45) is 4.99 Å². The summed E-state index contributed by atoms with van der Waals surface area (Å²) in [5, 5.41) is 10.6. The van der Waals surface area contributed by atoms with E-state index < -0.39 is 0 Å². The Morgan fingerprint density at radius 1 is 1.15 bits per heavy atom. The summed E-state index contributed by atoms with van der Waals surface area (Å²) in [7, 11) is 3.25. The molecular formula is C19H28N4O3. The molecule has 1 aromatic heterocycles. The number of nitrogens with one attached hydrogen (secondary N) is 2. The van der Waals surface area contributed by atoms with Crippen molar-refractivity contribution in [3.63, 3.8) is 0 Å². The molecule has 2 aromatic rings. The van der Waals surface area contributed by atoms with Gasteiger partial charge in [-0.05, 0) is 30.5 Å². The van der Waals surface area contributed by atoms with Crippen LogP contribution in [-0.2, 0) is 13.1 Å². The predicted octanol–water partition coefficient (Wildman–Crippen LogP) is 3.07. The summed E-state index contributed by atoms with van der Waals surface area (Å²) in [5.74, 6) is 3.24. The van der Waals surface area contributed by atoms with Crippen molar-refractivity contribution in [3.05, 3.63) is 41.3 Å². The standard InChI is InChI=1S/C19H28N4O3/c1-6-20-19(22-12-15-10-16(13(2)3)23-26-15)21-11-14-7-8-17(24-4)18(9-14)25-5/h7-10,13H,6,11-12H2,1-5H3,(H2,20,21,22). The average molecular weight is 360 g/mol. The fourth-order valence-electron chi connectivity index (χ4n) is 2.35. The monoisotopic (exact) mass is 360 g/mol. The van der Waals surface area contributed by atoms with Gasteiger partial charge in [0.1, 0.15) is 0 Å². The lowest BCUT2D eigenvalue weighted by Gasteiger charge is -2.11. The molecule has 2 rings (SSSR count). The number of hydrogen-bond acceptors (Lipinski definition) is 5. The highest BCUT2D eigenvalue weighted by Crippen LogP contribution is 2.27. The quantitative estimate of drug-likeness (QED) is 0.556. The number of nitrogens with zero attached hydrogens (tertiary/aromatic N) is 2. The molecule has 0 aliphatic rings. The molecule has 0 saturated heterocycles. The topological polar surface area (TPSA) is 80.9 Å². The summed E-state index contributed by atoms with van der Waals surface area (Å²) in [4.78, 5) is 4.61. The Balaban J connectivity index is 2.01. The van der Waals surface area contributed by atoms with Crippen LogP contribution in [0.4, 0.5) is 0 Å². The summed E-state index contributed by atoms with van der Waals surface area (Å²) >= 11 is 0. The van der Waals surface area contributed by atoms with Crippen molar-refractivity contribution < 1.29 is 14.0 Å². The molecule has 0 fully saturated rings. The van der Waals surface area contributed by atoms with Gasteiger partial charge < -0.3 is 24.6 Å². The van der Waals surface area contributed by atoms with Crippen LogP contribution in [0.2, 0.25) is 0 Å². The van der Waals surface area contributed by atoms with Crippen LogP contribution in [0, 0.1) is 0 Å². The van der Waals surface area contributed by atoms with E-state index in [1.54, 1.807) is 14.2 Å². The number of aliphatic imine (C=N–C) groups is 1. The van der Waals surface area contributed by atoms with Crippen molar-refractivity contribution in [1.82, 2.24) is 15.8 Å². The maximum absolute atomic E-state index is 5.35. The fourth-order valence-corrected chi connectivity index (χ4v) is 2.35. The number of benzene rings is 1. The van der Waals surface area contributed by atoms with Gasteiger partial charge in [0.2, 0.25) is 0 Å². The number of methoxy groups -OCH3 is 2. The van der Waals surface area contributed by atoms with E-state index in [0.717, 1.165) is 23.6 Å². The third-order valence-corrected chi connectivity index (χ3v) is 3.81. The molecule has 0 aliphatic heterocycles. The van der Waals surface area contributed by atoms with E-state index in [1.807, 2.05) is 31.2 Å². The molecule has 1 heterocycles. The minimum Gasteiger partial charge on any atom is -0.493 e. The molecular weight excluding hydrogens is 332 g/mol. The SMILES string of the molecule is CCNC(=NCc1ccc(OC)c(OC)c1)NCc1cc(C(C)C)no1. The smallest absolute Gasteiger partial charge is 0.191 e. The first-order chi connectivity index (χ1) is 12.6. The largest absolute Gasteiger partial charge is 0.493 e. The first kappa shape index (κ1) is 19.6. The Hall–Kier alpha value is -2.70. The summed E-state index contributed by atoms with van der Waals surface area (Å²) in [6.45, 7) is 8.01. The molecule has 2 N–H and O–H groups in total. The number of rotatable bonds is 8. The van der Waals surface area contributed by atoms with Crippen LogP contribution >= 0.6 is 0 Å². The van der Waals surface area contributed by atoms with Gasteiger partial charge in [0, 0.05) is 12.6 Å². The Morgan fingerprint density at radius 2 is 1.92 bits per heavy atom. The van der Waals surface area contributed by atoms with Crippen LogP contribution in [-0.4, -0.2) is 31.9 Å². The van der Waals surface area contributed by atoms with Crippen molar-refractivity contribution in [2.45, 2.75) is 39.8 Å². The Labute approximate surface area is 154 Å². The molecule has 0 amide bonds. The maximum Gasteiger partial charge on any atom is 0.191 e. The van der Waals surface area contributed by atoms with Crippen LogP contribution in [0.3, 0.4) is 0 Å². The Morgan fingerprint density at radius 3 is 2.54 bits per heavy atom. The zero-order chi connectivity index (χ0) is 18.9. The summed E-state index contributed by atoms with van der Waals surface area (Å²) in [6, 6.07) is 7.75. The number of guanidine groups is 1. The van der Waals surface area contributed by atoms with Crippen molar-refractivity contribution >= 4 is 5.96 Å². The first-order valence-corrected chi connectivity index (χ1v) is 8.75. The van der Waals surface area contributed by atoms with Crippen molar-refractivity contribution in [2.75, 3.05) is 20.8 Å².